The number of nitriles is 1. The average Bonchev–Trinajstić information content (AvgIpc) is 2.64. The first kappa shape index (κ1) is 10.1. The minimum atomic E-state index is -0.769. The number of imidazole rings is 1. The van der Waals surface area contributed by atoms with Crippen LogP contribution in [0.4, 0.5) is 0 Å². The zero-order chi connectivity index (χ0) is 10.9. The maximum Gasteiger partial charge on any atom is 0.122 e. The summed E-state index contributed by atoms with van der Waals surface area (Å²) in [6.07, 6.45) is 3.80. The van der Waals surface area contributed by atoms with Gasteiger partial charge < -0.3 is 10.3 Å². The molecule has 0 fully saturated rings. The van der Waals surface area contributed by atoms with Gasteiger partial charge in [0, 0.05) is 32.0 Å². The summed E-state index contributed by atoms with van der Waals surface area (Å²) in [5, 5.41) is 8.86. The third-order valence-electron chi connectivity index (χ3n) is 2.63. The molecular weight excluding hydrogens is 190 g/mol. The summed E-state index contributed by atoms with van der Waals surface area (Å²) in [4.78, 5) is 6.43. The van der Waals surface area contributed by atoms with Gasteiger partial charge in [-0.1, -0.05) is 0 Å². The molecule has 80 valence electrons. The standard InChI is InChI=1S/C10H15N5/c1-10(12,7-11)8-14-4-5-15-3-2-13-9(15)6-14/h2-3H,4-6,8,12H2,1H3. The van der Waals surface area contributed by atoms with Crippen molar-refractivity contribution in [3.63, 3.8) is 0 Å². The van der Waals surface area contributed by atoms with Crippen LogP contribution in [0.25, 0.3) is 0 Å². The molecule has 1 aromatic rings. The average molecular weight is 205 g/mol. The molecule has 2 rings (SSSR count). The summed E-state index contributed by atoms with van der Waals surface area (Å²) in [5.41, 5.74) is 5.04. The Hall–Kier alpha value is -1.38. The summed E-state index contributed by atoms with van der Waals surface area (Å²) in [6.45, 7) is 4.99. The first-order chi connectivity index (χ1) is 7.11. The Morgan fingerprint density at radius 2 is 2.47 bits per heavy atom. The van der Waals surface area contributed by atoms with Crippen molar-refractivity contribution < 1.29 is 0 Å². The van der Waals surface area contributed by atoms with Gasteiger partial charge in [0.15, 0.2) is 0 Å². The first-order valence-corrected chi connectivity index (χ1v) is 5.03. The number of nitrogens with two attached hydrogens (primary N) is 1. The molecule has 0 saturated heterocycles. The molecule has 1 unspecified atom stereocenters. The van der Waals surface area contributed by atoms with Crippen molar-refractivity contribution in [2.24, 2.45) is 5.73 Å². The minimum absolute atomic E-state index is 0.594. The van der Waals surface area contributed by atoms with Gasteiger partial charge >= 0.3 is 0 Å². The van der Waals surface area contributed by atoms with Crippen LogP contribution in [0.2, 0.25) is 0 Å². The Balaban J connectivity index is 2.02. The van der Waals surface area contributed by atoms with Gasteiger partial charge in [-0.3, -0.25) is 4.90 Å². The molecule has 0 spiro atoms. The lowest BCUT2D eigenvalue weighted by Gasteiger charge is -2.31. The van der Waals surface area contributed by atoms with E-state index in [1.54, 1.807) is 6.92 Å². The number of hydrogen-bond acceptors (Lipinski definition) is 4. The molecule has 0 saturated carbocycles. The van der Waals surface area contributed by atoms with E-state index in [0.717, 1.165) is 25.5 Å². The molecule has 5 heteroatoms. The monoisotopic (exact) mass is 205 g/mol. The van der Waals surface area contributed by atoms with Gasteiger partial charge in [-0.15, -0.1) is 0 Å². The minimum Gasteiger partial charge on any atom is -0.333 e. The number of rotatable bonds is 2. The molecule has 5 nitrogen and oxygen atoms in total. The van der Waals surface area contributed by atoms with Crippen LogP contribution < -0.4 is 5.73 Å². The van der Waals surface area contributed by atoms with E-state index in [9.17, 15) is 0 Å². The van der Waals surface area contributed by atoms with Gasteiger partial charge in [-0.25, -0.2) is 4.98 Å². The highest BCUT2D eigenvalue weighted by Gasteiger charge is 2.24. The quantitative estimate of drug-likeness (QED) is 0.734. The third-order valence-corrected chi connectivity index (χ3v) is 2.63. The third kappa shape index (κ3) is 2.17. The highest BCUT2D eigenvalue weighted by Crippen LogP contribution is 2.12. The van der Waals surface area contributed by atoms with Crippen molar-refractivity contribution in [1.29, 1.82) is 5.26 Å². The van der Waals surface area contributed by atoms with Crippen LogP contribution in [0, 0.1) is 11.3 Å². The zero-order valence-corrected chi connectivity index (χ0v) is 8.85. The van der Waals surface area contributed by atoms with E-state index in [0.29, 0.717) is 6.54 Å². The van der Waals surface area contributed by atoms with E-state index >= 15 is 0 Å². The SMILES string of the molecule is CC(N)(C#N)CN1CCn2ccnc2C1. The fraction of sp³-hybridized carbons (Fsp3) is 0.600. The molecule has 15 heavy (non-hydrogen) atoms. The smallest absolute Gasteiger partial charge is 0.122 e. The van der Waals surface area contributed by atoms with Crippen LogP contribution in [-0.2, 0) is 13.1 Å². The van der Waals surface area contributed by atoms with Gasteiger partial charge in [0.2, 0.25) is 0 Å². The number of fused-ring (bicyclic) bond motifs is 1. The highest BCUT2D eigenvalue weighted by atomic mass is 15.2. The maximum atomic E-state index is 8.86. The molecule has 0 aliphatic carbocycles. The summed E-state index contributed by atoms with van der Waals surface area (Å²) in [7, 11) is 0. The van der Waals surface area contributed by atoms with Gasteiger partial charge in [-0.2, -0.15) is 5.26 Å². The number of nitrogens with zero attached hydrogens (tertiary/aromatic N) is 4. The number of aromatic nitrogens is 2. The number of hydrogen-bond donors (Lipinski definition) is 1. The van der Waals surface area contributed by atoms with Crippen LogP contribution in [-0.4, -0.2) is 33.1 Å². The topological polar surface area (TPSA) is 70.9 Å². The van der Waals surface area contributed by atoms with Crippen LogP contribution in [0.5, 0.6) is 0 Å². The Morgan fingerprint density at radius 1 is 1.67 bits per heavy atom. The maximum absolute atomic E-state index is 8.86. The van der Waals surface area contributed by atoms with E-state index in [1.165, 1.54) is 0 Å². The Morgan fingerprint density at radius 3 is 3.20 bits per heavy atom. The molecule has 0 bridgehead atoms. The zero-order valence-electron chi connectivity index (χ0n) is 8.85. The van der Waals surface area contributed by atoms with Crippen LogP contribution >= 0.6 is 0 Å². The molecule has 1 atom stereocenters. The van der Waals surface area contributed by atoms with Gasteiger partial charge in [0.1, 0.15) is 11.4 Å². The van der Waals surface area contributed by atoms with Gasteiger partial charge in [-0.05, 0) is 6.92 Å². The lowest BCUT2D eigenvalue weighted by Crippen LogP contribution is -2.48. The van der Waals surface area contributed by atoms with Crippen molar-refractivity contribution in [3.8, 4) is 6.07 Å². The summed E-state index contributed by atoms with van der Waals surface area (Å²) >= 11 is 0. The van der Waals surface area contributed by atoms with Crippen LogP contribution in [0.1, 0.15) is 12.7 Å². The molecule has 0 amide bonds. The predicted octanol–water partition coefficient (Wildman–Crippen LogP) is -0.0603. The normalized spacial score (nSPS) is 20.3. The molecule has 1 aliphatic heterocycles. The van der Waals surface area contributed by atoms with Crippen molar-refractivity contribution in [1.82, 2.24) is 14.5 Å². The van der Waals surface area contributed by atoms with Crippen molar-refractivity contribution in [2.75, 3.05) is 13.1 Å². The fourth-order valence-electron chi connectivity index (χ4n) is 1.86. The van der Waals surface area contributed by atoms with E-state index in [1.807, 2.05) is 12.4 Å². The molecule has 0 radical (unpaired) electrons. The lowest BCUT2D eigenvalue weighted by molar-refractivity contribution is 0.192. The Bertz CT molecular complexity index is 387. The van der Waals surface area contributed by atoms with Crippen LogP contribution in [0.15, 0.2) is 12.4 Å². The largest absolute Gasteiger partial charge is 0.333 e. The van der Waals surface area contributed by atoms with Gasteiger partial charge in [0.25, 0.3) is 0 Å². The second-order valence-corrected chi connectivity index (χ2v) is 4.28. The molecule has 1 aliphatic rings. The second kappa shape index (κ2) is 3.65. The van der Waals surface area contributed by atoms with E-state index in [-0.39, 0.29) is 0 Å². The first-order valence-electron chi connectivity index (χ1n) is 5.03. The summed E-state index contributed by atoms with van der Waals surface area (Å²) in [6, 6.07) is 2.12. The molecule has 1 aromatic heterocycles. The highest BCUT2D eigenvalue weighted by molar-refractivity contribution is 5.04. The summed E-state index contributed by atoms with van der Waals surface area (Å²) in [5.74, 6) is 1.05. The second-order valence-electron chi connectivity index (χ2n) is 4.28. The molecule has 0 aromatic carbocycles. The molecule has 2 heterocycles. The van der Waals surface area contributed by atoms with E-state index in [4.69, 9.17) is 11.0 Å². The van der Waals surface area contributed by atoms with E-state index < -0.39 is 5.54 Å². The van der Waals surface area contributed by atoms with Crippen molar-refractivity contribution in [3.05, 3.63) is 18.2 Å². The lowest BCUT2D eigenvalue weighted by atomic mass is 10.1. The van der Waals surface area contributed by atoms with Crippen molar-refractivity contribution in [2.45, 2.75) is 25.6 Å². The van der Waals surface area contributed by atoms with Gasteiger partial charge in [0.05, 0.1) is 12.6 Å². The fourth-order valence-corrected chi connectivity index (χ4v) is 1.86. The van der Waals surface area contributed by atoms with Crippen LogP contribution in [0.3, 0.4) is 0 Å². The Labute approximate surface area is 89.1 Å². The molecule has 2 N–H and O–H groups in total. The van der Waals surface area contributed by atoms with E-state index in [2.05, 4.69) is 20.5 Å². The van der Waals surface area contributed by atoms with Crippen molar-refractivity contribution >= 4 is 0 Å². The summed E-state index contributed by atoms with van der Waals surface area (Å²) < 4.78 is 2.14. The molecular formula is C10H15N5. The Kier molecular flexibility index (Phi) is 2.47. The predicted molar refractivity (Wildman–Crippen MR) is 55.7 cm³/mol.